The number of carbonyl (C=O) groups excluding carboxylic acids is 1. The van der Waals surface area contributed by atoms with Crippen molar-refractivity contribution in [2.75, 3.05) is 7.11 Å². The lowest BCUT2D eigenvalue weighted by atomic mass is 9.97. The van der Waals surface area contributed by atoms with Gasteiger partial charge in [-0.1, -0.05) is 64.2 Å². The number of unbranched alkanes of at least 4 members (excludes halogenated alkanes) is 9. The van der Waals surface area contributed by atoms with Crippen LogP contribution >= 0.6 is 0 Å². The zero-order valence-corrected chi connectivity index (χ0v) is 16.0. The van der Waals surface area contributed by atoms with Gasteiger partial charge in [0.1, 0.15) is 0 Å². The smallest absolute Gasteiger partial charge is 0.311 e. The lowest BCUT2D eigenvalue weighted by Gasteiger charge is -2.11. The summed E-state index contributed by atoms with van der Waals surface area (Å²) >= 11 is 0. The molecule has 0 aliphatic heterocycles. The van der Waals surface area contributed by atoms with E-state index in [9.17, 15) is 9.59 Å². The van der Waals surface area contributed by atoms with Crippen LogP contribution in [-0.4, -0.2) is 24.2 Å². The molecule has 2 aliphatic carbocycles. The molecule has 0 amide bonds. The molecule has 0 heterocycles. The predicted octanol–water partition coefficient (Wildman–Crippen LogP) is 5.49. The van der Waals surface area contributed by atoms with E-state index in [0.29, 0.717) is 0 Å². The van der Waals surface area contributed by atoms with Crippen molar-refractivity contribution in [1.82, 2.24) is 0 Å². The van der Waals surface area contributed by atoms with E-state index < -0.39 is 5.97 Å². The minimum atomic E-state index is -0.577. The average molecular weight is 353 g/mol. The quantitative estimate of drug-likeness (QED) is 0.313. The van der Waals surface area contributed by atoms with Crippen molar-refractivity contribution in [2.45, 2.75) is 103 Å². The van der Waals surface area contributed by atoms with Crippen molar-refractivity contribution >= 4 is 11.9 Å². The third-order valence-corrected chi connectivity index (χ3v) is 6.34. The van der Waals surface area contributed by atoms with Gasteiger partial charge in [-0.2, -0.15) is 0 Å². The molecule has 0 atom stereocenters. The first-order valence-corrected chi connectivity index (χ1v) is 10.4. The Bertz CT molecular complexity index is 435. The fraction of sp³-hybridized carbons (Fsp3) is 0.905. The van der Waals surface area contributed by atoms with Crippen LogP contribution in [0.4, 0.5) is 0 Å². The lowest BCUT2D eigenvalue weighted by Crippen LogP contribution is -2.17. The average Bonchev–Trinajstić information content (AvgIpc) is 3.51. The maximum absolute atomic E-state index is 11.6. The molecule has 0 unspecified atom stereocenters. The summed E-state index contributed by atoms with van der Waals surface area (Å²) in [6, 6.07) is 0. The Labute approximate surface area is 152 Å². The molecule has 0 bridgehead atoms. The number of ether oxygens (including phenoxy) is 1. The Hall–Kier alpha value is -1.06. The molecule has 0 saturated heterocycles. The highest BCUT2D eigenvalue weighted by molar-refractivity contribution is 5.79. The van der Waals surface area contributed by atoms with Crippen molar-refractivity contribution in [3.05, 3.63) is 0 Å². The van der Waals surface area contributed by atoms with E-state index in [1.54, 1.807) is 0 Å². The van der Waals surface area contributed by atoms with E-state index in [0.717, 1.165) is 51.4 Å². The zero-order valence-electron chi connectivity index (χ0n) is 16.0. The predicted molar refractivity (Wildman–Crippen MR) is 98.4 cm³/mol. The number of carbonyl (C=O) groups is 2. The number of hydrogen-bond acceptors (Lipinski definition) is 3. The van der Waals surface area contributed by atoms with Crippen molar-refractivity contribution in [3.63, 3.8) is 0 Å². The topological polar surface area (TPSA) is 63.6 Å². The van der Waals surface area contributed by atoms with Crippen LogP contribution in [0, 0.1) is 10.8 Å². The fourth-order valence-electron chi connectivity index (χ4n) is 3.99. The van der Waals surface area contributed by atoms with Crippen LogP contribution in [0.5, 0.6) is 0 Å². The monoisotopic (exact) mass is 352 g/mol. The summed E-state index contributed by atoms with van der Waals surface area (Å²) in [5.41, 5.74) is -0.429. The first kappa shape index (κ1) is 20.3. The third kappa shape index (κ3) is 6.31. The van der Waals surface area contributed by atoms with Gasteiger partial charge in [0.15, 0.2) is 0 Å². The molecule has 2 rings (SSSR count). The van der Waals surface area contributed by atoms with Gasteiger partial charge in [-0.15, -0.1) is 0 Å². The highest BCUT2D eigenvalue weighted by Gasteiger charge is 2.50. The number of carboxylic acids is 1. The van der Waals surface area contributed by atoms with Crippen LogP contribution in [0.2, 0.25) is 0 Å². The molecule has 4 heteroatoms. The molecule has 0 radical (unpaired) electrons. The number of esters is 1. The van der Waals surface area contributed by atoms with Gasteiger partial charge < -0.3 is 9.84 Å². The maximum Gasteiger partial charge on any atom is 0.311 e. The minimum Gasteiger partial charge on any atom is -0.481 e. The van der Waals surface area contributed by atoms with Gasteiger partial charge in [-0.25, -0.2) is 0 Å². The summed E-state index contributed by atoms with van der Waals surface area (Å²) in [5.74, 6) is -0.574. The molecule has 0 aromatic heterocycles. The molecule has 25 heavy (non-hydrogen) atoms. The van der Waals surface area contributed by atoms with E-state index in [1.165, 1.54) is 58.5 Å². The summed E-state index contributed by atoms with van der Waals surface area (Å²) in [4.78, 5) is 22.7. The molecule has 0 aromatic carbocycles. The van der Waals surface area contributed by atoms with Crippen LogP contribution in [0.25, 0.3) is 0 Å². The summed E-state index contributed by atoms with van der Waals surface area (Å²) in [6.45, 7) is 0. The second-order valence-corrected chi connectivity index (χ2v) is 8.39. The summed E-state index contributed by atoms with van der Waals surface area (Å²) in [5, 5.41) is 9.13. The Morgan fingerprint density at radius 3 is 1.40 bits per heavy atom. The molecular weight excluding hydrogens is 316 g/mol. The number of aliphatic carboxylic acids is 1. The standard InChI is InChI=1S/C21H36O4/c1-25-19(24)21(16-17-21)13-11-9-7-5-3-2-4-6-8-10-12-20(14-15-20)18(22)23/h2-17H2,1H3,(H,22,23). The van der Waals surface area contributed by atoms with Gasteiger partial charge in [-0.3, -0.25) is 9.59 Å². The minimum absolute atomic E-state index is 0.00320. The summed E-state index contributed by atoms with van der Waals surface area (Å²) < 4.78 is 4.89. The second-order valence-electron chi connectivity index (χ2n) is 8.39. The van der Waals surface area contributed by atoms with Gasteiger partial charge >= 0.3 is 11.9 Å². The largest absolute Gasteiger partial charge is 0.481 e. The molecule has 0 spiro atoms. The van der Waals surface area contributed by atoms with E-state index in [-0.39, 0.29) is 16.8 Å². The SMILES string of the molecule is COC(=O)C1(CCCCCCCCCCCCC2(C(=O)O)CC2)CC1. The maximum atomic E-state index is 11.6. The lowest BCUT2D eigenvalue weighted by molar-refractivity contribution is -0.147. The van der Waals surface area contributed by atoms with Crippen LogP contribution < -0.4 is 0 Å². The highest BCUT2D eigenvalue weighted by atomic mass is 16.5. The van der Waals surface area contributed by atoms with Crippen LogP contribution in [0.3, 0.4) is 0 Å². The first-order valence-electron chi connectivity index (χ1n) is 10.4. The molecular formula is C21H36O4. The van der Waals surface area contributed by atoms with Gasteiger partial charge in [-0.05, 0) is 38.5 Å². The van der Waals surface area contributed by atoms with E-state index in [2.05, 4.69) is 0 Å². The number of carboxylic acid groups (broad SMARTS) is 1. The molecule has 4 nitrogen and oxygen atoms in total. The third-order valence-electron chi connectivity index (χ3n) is 6.34. The van der Waals surface area contributed by atoms with Gasteiger partial charge in [0.2, 0.25) is 0 Å². The normalized spacial score (nSPS) is 19.4. The zero-order chi connectivity index (χ0) is 18.2. The molecule has 2 aliphatic rings. The van der Waals surface area contributed by atoms with E-state index >= 15 is 0 Å². The number of hydrogen-bond donors (Lipinski definition) is 1. The van der Waals surface area contributed by atoms with Crippen LogP contribution in [0.15, 0.2) is 0 Å². The fourth-order valence-corrected chi connectivity index (χ4v) is 3.99. The second kappa shape index (κ2) is 9.59. The molecule has 2 fully saturated rings. The van der Waals surface area contributed by atoms with Crippen LogP contribution in [0.1, 0.15) is 103 Å². The molecule has 0 aromatic rings. The Morgan fingerprint density at radius 1 is 0.720 bits per heavy atom. The van der Waals surface area contributed by atoms with Crippen molar-refractivity contribution in [3.8, 4) is 0 Å². The van der Waals surface area contributed by atoms with Crippen molar-refractivity contribution < 1.29 is 19.4 Å². The number of rotatable bonds is 15. The van der Waals surface area contributed by atoms with Gasteiger partial charge in [0.05, 0.1) is 17.9 Å². The summed E-state index contributed by atoms with van der Waals surface area (Å²) in [6.07, 6.45) is 18.1. The first-order chi connectivity index (χ1) is 12.0. The van der Waals surface area contributed by atoms with Gasteiger partial charge in [0, 0.05) is 0 Å². The van der Waals surface area contributed by atoms with Crippen molar-refractivity contribution in [1.29, 1.82) is 0 Å². The molecule has 1 N–H and O–H groups in total. The van der Waals surface area contributed by atoms with Crippen molar-refractivity contribution in [2.24, 2.45) is 10.8 Å². The summed E-state index contributed by atoms with van der Waals surface area (Å²) in [7, 11) is 1.50. The molecule has 144 valence electrons. The van der Waals surface area contributed by atoms with E-state index in [4.69, 9.17) is 9.84 Å². The number of methoxy groups -OCH3 is 1. The van der Waals surface area contributed by atoms with Gasteiger partial charge in [0.25, 0.3) is 0 Å². The Balaban J connectivity index is 1.33. The van der Waals surface area contributed by atoms with Crippen LogP contribution in [-0.2, 0) is 14.3 Å². The Kier molecular flexibility index (Phi) is 7.77. The highest BCUT2D eigenvalue weighted by Crippen LogP contribution is 2.51. The molecule has 2 saturated carbocycles. The Morgan fingerprint density at radius 2 is 1.08 bits per heavy atom. The van der Waals surface area contributed by atoms with E-state index in [1.807, 2.05) is 0 Å².